The van der Waals surface area contributed by atoms with Gasteiger partial charge in [-0.3, -0.25) is 0 Å². The van der Waals surface area contributed by atoms with Crippen LogP contribution >= 0.6 is 11.3 Å². The van der Waals surface area contributed by atoms with Gasteiger partial charge in [0.15, 0.2) is 5.84 Å². The van der Waals surface area contributed by atoms with Gasteiger partial charge in [0.2, 0.25) is 0 Å². The van der Waals surface area contributed by atoms with Crippen LogP contribution in [0.25, 0.3) is 10.2 Å². The van der Waals surface area contributed by atoms with E-state index < -0.39 is 0 Å². The molecule has 0 aliphatic heterocycles. The quantitative estimate of drug-likeness (QED) is 0.311. The number of hydrogen-bond donors (Lipinski definition) is 2. The Bertz CT molecular complexity index is 463. The van der Waals surface area contributed by atoms with Gasteiger partial charge in [0.25, 0.3) is 0 Å². The highest BCUT2D eigenvalue weighted by atomic mass is 32.1. The highest BCUT2D eigenvalue weighted by Crippen LogP contribution is 2.21. The van der Waals surface area contributed by atoms with Crippen LogP contribution in [0.1, 0.15) is 5.56 Å². The monoisotopic (exact) mass is 193 g/mol. The van der Waals surface area contributed by atoms with E-state index in [1.807, 2.05) is 12.1 Å². The smallest absolute Gasteiger partial charge is 0.171 e. The Hall–Kier alpha value is -1.62. The fourth-order valence-corrected chi connectivity index (χ4v) is 1.95. The second-order valence-corrected chi connectivity index (χ2v) is 3.35. The molecule has 5 heteroatoms. The molecule has 0 amide bonds. The molecule has 66 valence electrons. The first-order valence-corrected chi connectivity index (χ1v) is 4.51. The summed E-state index contributed by atoms with van der Waals surface area (Å²) in [5.41, 5.74) is 8.83. The minimum atomic E-state index is 0.120. The van der Waals surface area contributed by atoms with Crippen molar-refractivity contribution in [1.29, 1.82) is 0 Å². The lowest BCUT2D eigenvalue weighted by Gasteiger charge is -1.98. The molecule has 0 aliphatic carbocycles. The van der Waals surface area contributed by atoms with E-state index in [0.717, 1.165) is 15.8 Å². The first kappa shape index (κ1) is 8.00. The Kier molecular flexibility index (Phi) is 1.86. The largest absolute Gasteiger partial charge is 0.409 e. The number of benzene rings is 1. The number of rotatable bonds is 1. The standard InChI is InChI=1S/C8H7N3OS/c9-8(11-12)5-2-1-3-6-7(5)13-4-10-6/h1-4,12H,(H2,9,11). The van der Waals surface area contributed by atoms with Crippen LogP contribution in [0.5, 0.6) is 0 Å². The number of aromatic nitrogens is 1. The molecular formula is C8H7N3OS. The Labute approximate surface area is 78.3 Å². The van der Waals surface area contributed by atoms with E-state index in [-0.39, 0.29) is 5.84 Å². The lowest BCUT2D eigenvalue weighted by atomic mass is 10.2. The van der Waals surface area contributed by atoms with Gasteiger partial charge in [-0.15, -0.1) is 11.3 Å². The maximum atomic E-state index is 8.53. The van der Waals surface area contributed by atoms with Crippen molar-refractivity contribution in [3.05, 3.63) is 29.3 Å². The number of hydrogen-bond acceptors (Lipinski definition) is 4. The van der Waals surface area contributed by atoms with Crippen molar-refractivity contribution >= 4 is 27.4 Å². The van der Waals surface area contributed by atoms with Gasteiger partial charge in [0.05, 0.1) is 15.7 Å². The number of nitrogens with two attached hydrogens (primary N) is 1. The lowest BCUT2D eigenvalue weighted by molar-refractivity contribution is 0.318. The zero-order valence-corrected chi connectivity index (χ0v) is 7.45. The van der Waals surface area contributed by atoms with Crippen LogP contribution in [-0.2, 0) is 0 Å². The Morgan fingerprint density at radius 1 is 1.54 bits per heavy atom. The van der Waals surface area contributed by atoms with E-state index in [9.17, 15) is 0 Å². The highest BCUT2D eigenvalue weighted by Gasteiger charge is 2.06. The predicted octanol–water partition coefficient (Wildman–Crippen LogP) is 1.39. The number of thiazole rings is 1. The molecule has 0 atom stereocenters. The topological polar surface area (TPSA) is 71.5 Å². The zero-order chi connectivity index (χ0) is 9.26. The van der Waals surface area contributed by atoms with Gasteiger partial charge in [0.1, 0.15) is 0 Å². The van der Waals surface area contributed by atoms with Crippen molar-refractivity contribution < 1.29 is 5.21 Å². The summed E-state index contributed by atoms with van der Waals surface area (Å²) in [6.45, 7) is 0. The summed E-state index contributed by atoms with van der Waals surface area (Å²) in [6, 6.07) is 5.52. The molecule has 1 aromatic carbocycles. The molecule has 1 heterocycles. The molecular weight excluding hydrogens is 186 g/mol. The van der Waals surface area contributed by atoms with Crippen molar-refractivity contribution in [2.75, 3.05) is 0 Å². The van der Waals surface area contributed by atoms with Crippen molar-refractivity contribution in [2.24, 2.45) is 10.9 Å². The van der Waals surface area contributed by atoms with Crippen LogP contribution in [0, 0.1) is 0 Å². The summed E-state index contributed by atoms with van der Waals surface area (Å²) in [6.07, 6.45) is 0. The lowest BCUT2D eigenvalue weighted by Crippen LogP contribution is -2.12. The number of nitrogens with zero attached hydrogens (tertiary/aromatic N) is 2. The molecule has 0 aliphatic rings. The van der Waals surface area contributed by atoms with Crippen LogP contribution < -0.4 is 5.73 Å². The van der Waals surface area contributed by atoms with Crippen LogP contribution in [0.2, 0.25) is 0 Å². The van der Waals surface area contributed by atoms with Crippen molar-refractivity contribution in [3.8, 4) is 0 Å². The van der Waals surface area contributed by atoms with Crippen molar-refractivity contribution in [3.63, 3.8) is 0 Å². The third-order valence-corrected chi connectivity index (χ3v) is 2.62. The second-order valence-electron chi connectivity index (χ2n) is 2.49. The highest BCUT2D eigenvalue weighted by molar-refractivity contribution is 7.17. The number of oxime groups is 1. The fourth-order valence-electron chi connectivity index (χ4n) is 1.14. The molecule has 2 rings (SSSR count). The summed E-state index contributed by atoms with van der Waals surface area (Å²) < 4.78 is 0.942. The predicted molar refractivity (Wildman–Crippen MR) is 52.1 cm³/mol. The Morgan fingerprint density at radius 3 is 3.15 bits per heavy atom. The molecule has 0 bridgehead atoms. The van der Waals surface area contributed by atoms with Crippen LogP contribution in [0.15, 0.2) is 28.9 Å². The molecule has 4 nitrogen and oxygen atoms in total. The SMILES string of the molecule is NC(=NO)c1cccc2ncsc12. The summed E-state index contributed by atoms with van der Waals surface area (Å²) in [4.78, 5) is 4.12. The molecule has 2 aromatic rings. The Morgan fingerprint density at radius 2 is 2.38 bits per heavy atom. The van der Waals surface area contributed by atoms with E-state index in [1.54, 1.807) is 11.6 Å². The van der Waals surface area contributed by atoms with Gasteiger partial charge in [-0.2, -0.15) is 0 Å². The zero-order valence-electron chi connectivity index (χ0n) is 6.64. The average molecular weight is 193 g/mol. The number of amidine groups is 1. The molecule has 0 unspecified atom stereocenters. The van der Waals surface area contributed by atoms with Crippen molar-refractivity contribution in [2.45, 2.75) is 0 Å². The molecule has 0 spiro atoms. The van der Waals surface area contributed by atoms with Gasteiger partial charge in [0, 0.05) is 5.56 Å². The first-order chi connectivity index (χ1) is 6.33. The maximum absolute atomic E-state index is 8.53. The van der Waals surface area contributed by atoms with E-state index in [0.29, 0.717) is 0 Å². The van der Waals surface area contributed by atoms with E-state index in [4.69, 9.17) is 10.9 Å². The Balaban J connectivity index is 2.75. The molecule has 0 radical (unpaired) electrons. The molecule has 0 saturated heterocycles. The molecule has 3 N–H and O–H groups in total. The third-order valence-electron chi connectivity index (χ3n) is 1.74. The van der Waals surface area contributed by atoms with E-state index in [1.165, 1.54) is 11.3 Å². The van der Waals surface area contributed by atoms with E-state index >= 15 is 0 Å². The minimum absolute atomic E-state index is 0.120. The van der Waals surface area contributed by atoms with Gasteiger partial charge < -0.3 is 10.9 Å². The van der Waals surface area contributed by atoms with Crippen LogP contribution in [-0.4, -0.2) is 16.0 Å². The second kappa shape index (κ2) is 3.02. The fraction of sp³-hybridized carbons (Fsp3) is 0. The maximum Gasteiger partial charge on any atom is 0.171 e. The summed E-state index contributed by atoms with van der Waals surface area (Å²) >= 11 is 1.47. The number of fused-ring (bicyclic) bond motifs is 1. The van der Waals surface area contributed by atoms with E-state index in [2.05, 4.69) is 10.1 Å². The first-order valence-electron chi connectivity index (χ1n) is 3.63. The average Bonchev–Trinajstić information content (AvgIpc) is 2.63. The van der Waals surface area contributed by atoms with Gasteiger partial charge >= 0.3 is 0 Å². The van der Waals surface area contributed by atoms with Crippen LogP contribution in [0.3, 0.4) is 0 Å². The third kappa shape index (κ3) is 1.23. The van der Waals surface area contributed by atoms with Gasteiger partial charge in [-0.05, 0) is 12.1 Å². The molecule has 1 aromatic heterocycles. The van der Waals surface area contributed by atoms with Crippen molar-refractivity contribution in [1.82, 2.24) is 4.98 Å². The molecule has 13 heavy (non-hydrogen) atoms. The molecule has 0 saturated carbocycles. The van der Waals surface area contributed by atoms with Gasteiger partial charge in [-0.1, -0.05) is 11.2 Å². The molecule has 0 fully saturated rings. The summed E-state index contributed by atoms with van der Waals surface area (Å²) in [7, 11) is 0. The minimum Gasteiger partial charge on any atom is -0.409 e. The summed E-state index contributed by atoms with van der Waals surface area (Å²) in [5, 5.41) is 11.5. The summed E-state index contributed by atoms with van der Waals surface area (Å²) in [5.74, 6) is 0.120. The van der Waals surface area contributed by atoms with Crippen LogP contribution in [0.4, 0.5) is 0 Å². The normalized spacial score (nSPS) is 12.2. The van der Waals surface area contributed by atoms with Gasteiger partial charge in [-0.25, -0.2) is 4.98 Å².